The van der Waals surface area contributed by atoms with Gasteiger partial charge in [0.25, 0.3) is 0 Å². The summed E-state index contributed by atoms with van der Waals surface area (Å²) in [5, 5.41) is 6.01. The Balaban J connectivity index is 1.83. The van der Waals surface area contributed by atoms with Gasteiger partial charge in [-0.1, -0.05) is 30.3 Å². The number of hydrogen-bond donors (Lipinski definition) is 2. The van der Waals surface area contributed by atoms with Crippen molar-refractivity contribution in [2.24, 2.45) is 0 Å². The van der Waals surface area contributed by atoms with E-state index in [0.717, 1.165) is 12.1 Å². The van der Waals surface area contributed by atoms with Crippen LogP contribution in [0.2, 0.25) is 0 Å². The number of carbonyl (C=O) groups is 2. The quantitative estimate of drug-likeness (QED) is 0.746. The van der Waals surface area contributed by atoms with E-state index in [9.17, 15) is 9.59 Å². The molecule has 1 aliphatic heterocycles. The van der Waals surface area contributed by atoms with Gasteiger partial charge in [-0.2, -0.15) is 0 Å². The molecule has 1 heterocycles. The van der Waals surface area contributed by atoms with Gasteiger partial charge in [-0.05, 0) is 19.7 Å². The molecule has 1 saturated heterocycles. The van der Waals surface area contributed by atoms with Crippen LogP contribution in [0.1, 0.15) is 12.0 Å². The summed E-state index contributed by atoms with van der Waals surface area (Å²) < 4.78 is 0. The fraction of sp³-hybridized carbons (Fsp3) is 0.529. The molecule has 0 radical (unpaired) electrons. The maximum atomic E-state index is 12.5. The van der Waals surface area contributed by atoms with Crippen molar-refractivity contribution < 1.29 is 9.59 Å². The molecule has 1 fully saturated rings. The van der Waals surface area contributed by atoms with Crippen molar-refractivity contribution in [2.45, 2.75) is 19.0 Å². The van der Waals surface area contributed by atoms with E-state index >= 15 is 0 Å². The Morgan fingerprint density at radius 1 is 1.35 bits per heavy atom. The predicted molar refractivity (Wildman–Crippen MR) is 89.8 cm³/mol. The van der Waals surface area contributed by atoms with Crippen LogP contribution in [0.3, 0.4) is 0 Å². The molecule has 0 bridgehead atoms. The van der Waals surface area contributed by atoms with E-state index in [1.54, 1.807) is 0 Å². The number of benzene rings is 1. The fourth-order valence-corrected chi connectivity index (χ4v) is 2.59. The lowest BCUT2D eigenvalue weighted by atomic mass is 10.1. The monoisotopic (exact) mass is 318 g/mol. The number of amides is 2. The van der Waals surface area contributed by atoms with Gasteiger partial charge >= 0.3 is 0 Å². The van der Waals surface area contributed by atoms with Crippen LogP contribution >= 0.6 is 0 Å². The lowest BCUT2D eigenvalue weighted by molar-refractivity contribution is -0.138. The standard InChI is InChI=1S/C17H26N4O2/c1-20(2)10-8-19-16(22)12-15-17(23)21(11-9-18-15)13-14-6-4-3-5-7-14/h3-7,15,18H,8-13H2,1-2H3,(H,19,22). The molecule has 0 saturated carbocycles. The zero-order valence-electron chi connectivity index (χ0n) is 13.9. The summed E-state index contributed by atoms with van der Waals surface area (Å²) in [6.07, 6.45) is 0.192. The lowest BCUT2D eigenvalue weighted by Crippen LogP contribution is -2.56. The molecule has 23 heavy (non-hydrogen) atoms. The van der Waals surface area contributed by atoms with Crippen LogP contribution in [-0.4, -0.2) is 67.9 Å². The number of likely N-dealkylation sites (N-methyl/N-ethyl adjacent to an activating group) is 1. The Labute approximate surface area is 137 Å². The highest BCUT2D eigenvalue weighted by Gasteiger charge is 2.29. The van der Waals surface area contributed by atoms with Crippen LogP contribution in [0.25, 0.3) is 0 Å². The number of piperazine rings is 1. The Morgan fingerprint density at radius 2 is 2.09 bits per heavy atom. The van der Waals surface area contributed by atoms with Gasteiger partial charge in [-0.15, -0.1) is 0 Å². The topological polar surface area (TPSA) is 64.7 Å². The van der Waals surface area contributed by atoms with Gasteiger partial charge in [0.2, 0.25) is 11.8 Å². The number of hydrogen-bond acceptors (Lipinski definition) is 4. The molecule has 1 aliphatic rings. The third-order valence-electron chi connectivity index (χ3n) is 3.87. The molecule has 6 nitrogen and oxygen atoms in total. The molecule has 2 rings (SSSR count). The third kappa shape index (κ3) is 5.65. The van der Waals surface area contributed by atoms with E-state index in [2.05, 4.69) is 10.6 Å². The molecule has 1 aromatic carbocycles. The second kappa shape index (κ2) is 8.64. The van der Waals surface area contributed by atoms with Crippen molar-refractivity contribution in [1.29, 1.82) is 0 Å². The minimum atomic E-state index is -0.424. The van der Waals surface area contributed by atoms with Crippen LogP contribution in [-0.2, 0) is 16.1 Å². The number of rotatable bonds is 7. The smallest absolute Gasteiger partial charge is 0.240 e. The van der Waals surface area contributed by atoms with Crippen LogP contribution in [0.15, 0.2) is 30.3 Å². The zero-order valence-corrected chi connectivity index (χ0v) is 13.9. The lowest BCUT2D eigenvalue weighted by Gasteiger charge is -2.33. The third-order valence-corrected chi connectivity index (χ3v) is 3.87. The molecule has 126 valence electrons. The molecule has 1 aromatic rings. The van der Waals surface area contributed by atoms with E-state index in [0.29, 0.717) is 26.2 Å². The van der Waals surface area contributed by atoms with E-state index in [4.69, 9.17) is 0 Å². The van der Waals surface area contributed by atoms with Crippen LogP contribution in [0, 0.1) is 0 Å². The Hall–Kier alpha value is -1.92. The minimum absolute atomic E-state index is 0.00265. The Morgan fingerprint density at radius 3 is 2.78 bits per heavy atom. The number of nitrogens with one attached hydrogen (secondary N) is 2. The Bertz CT molecular complexity index is 519. The number of nitrogens with zero attached hydrogens (tertiary/aromatic N) is 2. The van der Waals surface area contributed by atoms with Gasteiger partial charge in [-0.3, -0.25) is 9.59 Å². The second-order valence-corrected chi connectivity index (χ2v) is 6.11. The molecule has 2 amide bonds. The maximum absolute atomic E-state index is 12.5. The van der Waals surface area contributed by atoms with Gasteiger partial charge in [-0.25, -0.2) is 0 Å². The van der Waals surface area contributed by atoms with Crippen LogP contribution in [0.5, 0.6) is 0 Å². The molecular formula is C17H26N4O2. The minimum Gasteiger partial charge on any atom is -0.355 e. The first-order chi connectivity index (χ1) is 11.1. The highest BCUT2D eigenvalue weighted by atomic mass is 16.2. The predicted octanol–water partition coefficient (Wildman–Crippen LogP) is 0.0549. The molecule has 0 aromatic heterocycles. The summed E-state index contributed by atoms with van der Waals surface area (Å²) in [5.74, 6) is -0.0814. The van der Waals surface area contributed by atoms with Crippen molar-refractivity contribution in [1.82, 2.24) is 20.4 Å². The van der Waals surface area contributed by atoms with Gasteiger partial charge < -0.3 is 20.4 Å². The average molecular weight is 318 g/mol. The van der Waals surface area contributed by atoms with Crippen molar-refractivity contribution >= 4 is 11.8 Å². The van der Waals surface area contributed by atoms with Crippen LogP contribution < -0.4 is 10.6 Å². The van der Waals surface area contributed by atoms with Crippen molar-refractivity contribution in [2.75, 3.05) is 40.3 Å². The molecular weight excluding hydrogens is 292 g/mol. The summed E-state index contributed by atoms with van der Waals surface area (Å²) >= 11 is 0. The number of carbonyl (C=O) groups excluding carboxylic acids is 2. The molecule has 6 heteroatoms. The van der Waals surface area contributed by atoms with Crippen molar-refractivity contribution in [3.05, 3.63) is 35.9 Å². The van der Waals surface area contributed by atoms with Gasteiger partial charge in [0, 0.05) is 32.7 Å². The molecule has 0 aliphatic carbocycles. The summed E-state index contributed by atoms with van der Waals surface area (Å²) in [6.45, 7) is 3.37. The average Bonchev–Trinajstić information content (AvgIpc) is 2.52. The molecule has 0 spiro atoms. The summed E-state index contributed by atoms with van der Waals surface area (Å²) in [4.78, 5) is 28.3. The molecule has 1 unspecified atom stereocenters. The molecule has 1 atom stereocenters. The normalized spacial score (nSPS) is 18.3. The fourth-order valence-electron chi connectivity index (χ4n) is 2.59. The van der Waals surface area contributed by atoms with E-state index < -0.39 is 6.04 Å². The summed E-state index contributed by atoms with van der Waals surface area (Å²) in [5.41, 5.74) is 1.11. The van der Waals surface area contributed by atoms with Crippen molar-refractivity contribution in [3.63, 3.8) is 0 Å². The van der Waals surface area contributed by atoms with Gasteiger partial charge in [0.05, 0.1) is 12.5 Å². The van der Waals surface area contributed by atoms with Gasteiger partial charge in [0.1, 0.15) is 0 Å². The Kier molecular flexibility index (Phi) is 6.55. The second-order valence-electron chi connectivity index (χ2n) is 6.11. The largest absolute Gasteiger partial charge is 0.355 e. The highest BCUT2D eigenvalue weighted by molar-refractivity contribution is 5.88. The first kappa shape index (κ1) is 17.4. The summed E-state index contributed by atoms with van der Waals surface area (Å²) in [7, 11) is 3.92. The first-order valence-corrected chi connectivity index (χ1v) is 8.04. The SMILES string of the molecule is CN(C)CCNC(=O)CC1NCCN(Cc2ccccc2)C1=O. The van der Waals surface area contributed by atoms with Gasteiger partial charge in [0.15, 0.2) is 0 Å². The maximum Gasteiger partial charge on any atom is 0.240 e. The highest BCUT2D eigenvalue weighted by Crippen LogP contribution is 2.10. The summed E-state index contributed by atoms with van der Waals surface area (Å²) in [6, 6.07) is 9.50. The molecule has 2 N–H and O–H groups in total. The van der Waals surface area contributed by atoms with Crippen molar-refractivity contribution in [3.8, 4) is 0 Å². The van der Waals surface area contributed by atoms with Crippen LogP contribution in [0.4, 0.5) is 0 Å². The van der Waals surface area contributed by atoms with E-state index in [-0.39, 0.29) is 18.2 Å². The van der Waals surface area contributed by atoms with E-state index in [1.165, 1.54) is 0 Å². The first-order valence-electron chi connectivity index (χ1n) is 8.04. The van der Waals surface area contributed by atoms with E-state index in [1.807, 2.05) is 54.2 Å². The zero-order chi connectivity index (χ0) is 16.7.